The fourth-order valence-corrected chi connectivity index (χ4v) is 0.449. The molecule has 0 aliphatic rings. The van der Waals surface area contributed by atoms with Gasteiger partial charge in [-0.3, -0.25) is 9.59 Å². The molecule has 58 valence electrons. The van der Waals surface area contributed by atoms with Crippen LogP contribution in [0.2, 0.25) is 0 Å². The topological polar surface area (TPSA) is 43.4 Å². The van der Waals surface area contributed by atoms with E-state index in [-0.39, 0.29) is 6.61 Å². The summed E-state index contributed by atoms with van der Waals surface area (Å²) in [6.45, 7) is 3.35. The van der Waals surface area contributed by atoms with Gasteiger partial charge in [0.25, 0.3) is 0 Å². The minimum absolute atomic E-state index is 0.271. The lowest BCUT2D eigenvalue weighted by atomic mass is 10.2. The highest BCUT2D eigenvalue weighted by molar-refractivity contribution is 6.65. The molecule has 0 aliphatic heterocycles. The second-order valence-corrected chi connectivity index (χ2v) is 2.15. The highest BCUT2D eigenvalue weighted by Gasteiger charge is 2.19. The first-order chi connectivity index (χ1) is 4.59. The number of rotatable bonds is 3. The fourth-order valence-electron chi connectivity index (χ4n) is 0.360. The fraction of sp³-hybridized carbons (Fsp3) is 0.667. The summed E-state index contributed by atoms with van der Waals surface area (Å²) in [6, 6.07) is 0. The second-order valence-electron chi connectivity index (χ2n) is 1.78. The van der Waals surface area contributed by atoms with Gasteiger partial charge in [-0.15, -0.1) is 0 Å². The Kier molecular flexibility index (Phi) is 4.03. The van der Waals surface area contributed by atoms with Gasteiger partial charge in [-0.2, -0.15) is 0 Å². The molecule has 0 amide bonds. The van der Waals surface area contributed by atoms with Gasteiger partial charge in [0.15, 0.2) is 0 Å². The van der Waals surface area contributed by atoms with Gasteiger partial charge in [-0.05, 0) is 25.4 Å². The van der Waals surface area contributed by atoms with Crippen molar-refractivity contribution >= 4 is 22.8 Å². The first kappa shape index (κ1) is 9.43. The van der Waals surface area contributed by atoms with Crippen LogP contribution in [0.5, 0.6) is 0 Å². The zero-order chi connectivity index (χ0) is 8.15. The molecule has 0 fully saturated rings. The zero-order valence-electron chi connectivity index (χ0n) is 5.89. The predicted octanol–water partition coefficient (Wildman–Crippen LogP) is 0.951. The van der Waals surface area contributed by atoms with Crippen molar-refractivity contribution in [2.45, 2.75) is 13.8 Å². The van der Waals surface area contributed by atoms with E-state index in [1.165, 1.54) is 6.92 Å². The molecular weight excluding hydrogens is 156 g/mol. The normalized spacial score (nSPS) is 12.3. The molecule has 0 heterocycles. The van der Waals surface area contributed by atoms with Crippen molar-refractivity contribution in [3.8, 4) is 0 Å². The summed E-state index contributed by atoms with van der Waals surface area (Å²) in [5.41, 5.74) is 0. The van der Waals surface area contributed by atoms with Crippen molar-refractivity contribution in [2.24, 2.45) is 5.92 Å². The molecule has 0 N–H and O–H groups in total. The van der Waals surface area contributed by atoms with E-state index in [1.807, 2.05) is 0 Å². The maximum atomic E-state index is 10.7. The van der Waals surface area contributed by atoms with Crippen LogP contribution in [-0.2, 0) is 14.3 Å². The summed E-state index contributed by atoms with van der Waals surface area (Å²) in [4.78, 5) is 21.0. The number of esters is 1. The van der Waals surface area contributed by atoms with Crippen LogP contribution in [0.4, 0.5) is 0 Å². The molecule has 1 unspecified atom stereocenters. The summed E-state index contributed by atoms with van der Waals surface area (Å²) < 4.78 is 4.52. The highest BCUT2D eigenvalue weighted by atomic mass is 35.5. The second kappa shape index (κ2) is 4.28. The van der Waals surface area contributed by atoms with Gasteiger partial charge in [0, 0.05) is 0 Å². The maximum Gasteiger partial charge on any atom is 0.317 e. The van der Waals surface area contributed by atoms with Crippen LogP contribution < -0.4 is 0 Å². The molecule has 10 heavy (non-hydrogen) atoms. The van der Waals surface area contributed by atoms with E-state index in [9.17, 15) is 9.59 Å². The van der Waals surface area contributed by atoms with Crippen LogP contribution in [0.1, 0.15) is 13.8 Å². The van der Waals surface area contributed by atoms with Crippen LogP contribution in [0, 0.1) is 5.92 Å². The molecule has 0 aromatic rings. The Bertz CT molecular complexity index is 144. The summed E-state index contributed by atoms with van der Waals surface area (Å²) in [7, 11) is 0. The summed E-state index contributed by atoms with van der Waals surface area (Å²) in [5, 5.41) is -0.682. The van der Waals surface area contributed by atoms with Gasteiger partial charge in [0.1, 0.15) is 5.92 Å². The van der Waals surface area contributed by atoms with Crippen molar-refractivity contribution in [1.29, 1.82) is 0 Å². The molecule has 0 spiro atoms. The molecule has 0 aromatic carbocycles. The molecule has 0 radical (unpaired) electrons. The van der Waals surface area contributed by atoms with Gasteiger partial charge in [0.2, 0.25) is 5.24 Å². The van der Waals surface area contributed by atoms with Crippen LogP contribution in [0.3, 0.4) is 0 Å². The van der Waals surface area contributed by atoms with Crippen molar-refractivity contribution in [2.75, 3.05) is 6.61 Å². The van der Waals surface area contributed by atoms with E-state index in [2.05, 4.69) is 4.74 Å². The van der Waals surface area contributed by atoms with Crippen LogP contribution in [0.15, 0.2) is 0 Å². The average Bonchev–Trinajstić information content (AvgIpc) is 1.87. The lowest BCUT2D eigenvalue weighted by Gasteiger charge is -2.03. The Hall–Kier alpha value is -0.570. The number of carbonyl (C=O) groups excluding carboxylic acids is 2. The van der Waals surface area contributed by atoms with Crippen molar-refractivity contribution < 1.29 is 14.3 Å². The lowest BCUT2D eigenvalue weighted by Crippen LogP contribution is -2.19. The molecule has 1 atom stereocenters. The number of ether oxygens (including phenoxy) is 1. The molecule has 0 rings (SSSR count). The van der Waals surface area contributed by atoms with Crippen LogP contribution >= 0.6 is 11.6 Å². The quantitative estimate of drug-likeness (QED) is 0.354. The Balaban J connectivity index is 3.82. The standard InChI is InChI=1S/C6H9ClO3/c1-3-10-6(9)4(2)5(7)8/h4H,3H2,1-2H3. The van der Waals surface area contributed by atoms with Crippen molar-refractivity contribution in [3.63, 3.8) is 0 Å². The molecular formula is C6H9ClO3. The predicted molar refractivity (Wildman–Crippen MR) is 36.7 cm³/mol. The average molecular weight is 165 g/mol. The maximum absolute atomic E-state index is 10.7. The monoisotopic (exact) mass is 164 g/mol. The van der Waals surface area contributed by atoms with Gasteiger partial charge >= 0.3 is 5.97 Å². The third-order valence-electron chi connectivity index (χ3n) is 0.981. The summed E-state index contributed by atoms with van der Waals surface area (Å²) in [5.74, 6) is -1.41. The first-order valence-corrected chi connectivity index (χ1v) is 3.33. The summed E-state index contributed by atoms with van der Waals surface area (Å²) in [6.07, 6.45) is 0. The van der Waals surface area contributed by atoms with E-state index >= 15 is 0 Å². The lowest BCUT2D eigenvalue weighted by molar-refractivity contribution is -0.149. The highest BCUT2D eigenvalue weighted by Crippen LogP contribution is 2.02. The summed E-state index contributed by atoms with van der Waals surface area (Å²) >= 11 is 5.02. The van der Waals surface area contributed by atoms with Crippen LogP contribution in [0.25, 0.3) is 0 Å². The molecule has 0 aliphatic carbocycles. The SMILES string of the molecule is CCOC(=O)C(C)C(=O)Cl. The number of carbonyl (C=O) groups is 2. The van der Waals surface area contributed by atoms with Gasteiger partial charge < -0.3 is 4.74 Å². The minimum Gasteiger partial charge on any atom is -0.465 e. The third-order valence-corrected chi connectivity index (χ3v) is 1.31. The van der Waals surface area contributed by atoms with Crippen molar-refractivity contribution in [3.05, 3.63) is 0 Å². The molecule has 0 bridgehead atoms. The number of hydrogen-bond donors (Lipinski definition) is 0. The largest absolute Gasteiger partial charge is 0.465 e. The van der Waals surface area contributed by atoms with E-state index < -0.39 is 17.1 Å². The minimum atomic E-state index is -0.846. The molecule has 0 saturated heterocycles. The smallest absolute Gasteiger partial charge is 0.317 e. The van der Waals surface area contributed by atoms with E-state index in [1.54, 1.807) is 6.92 Å². The molecule has 4 heteroatoms. The van der Waals surface area contributed by atoms with Gasteiger partial charge in [-0.25, -0.2) is 0 Å². The zero-order valence-corrected chi connectivity index (χ0v) is 6.64. The first-order valence-electron chi connectivity index (χ1n) is 2.95. The van der Waals surface area contributed by atoms with Gasteiger partial charge in [0.05, 0.1) is 6.61 Å². The van der Waals surface area contributed by atoms with E-state index in [4.69, 9.17) is 11.6 Å². The van der Waals surface area contributed by atoms with E-state index in [0.717, 1.165) is 0 Å². The molecule has 0 aromatic heterocycles. The van der Waals surface area contributed by atoms with Crippen LogP contribution in [-0.4, -0.2) is 17.8 Å². The Morgan fingerprint density at radius 2 is 2.10 bits per heavy atom. The molecule has 0 saturated carbocycles. The number of hydrogen-bond acceptors (Lipinski definition) is 3. The Morgan fingerprint density at radius 3 is 2.40 bits per heavy atom. The van der Waals surface area contributed by atoms with Gasteiger partial charge in [-0.1, -0.05) is 0 Å². The van der Waals surface area contributed by atoms with Crippen molar-refractivity contribution in [1.82, 2.24) is 0 Å². The van der Waals surface area contributed by atoms with E-state index in [0.29, 0.717) is 0 Å². The molecule has 3 nitrogen and oxygen atoms in total. The Labute approximate surface area is 64.3 Å². The Morgan fingerprint density at radius 1 is 1.60 bits per heavy atom. The number of halogens is 1. The third kappa shape index (κ3) is 2.82.